The number of ketones is 2. The van der Waals surface area contributed by atoms with E-state index in [0.29, 0.717) is 0 Å². The number of para-hydroxylation sites is 2. The number of primary amides is 2. The third-order valence-corrected chi connectivity index (χ3v) is 3.44. The molecule has 8 heteroatoms. The molecule has 122 valence electrons. The van der Waals surface area contributed by atoms with Crippen molar-refractivity contribution in [2.24, 2.45) is 11.5 Å². The lowest BCUT2D eigenvalue weighted by molar-refractivity contribution is 0.0817. The Bertz CT molecular complexity index is 816. The fourth-order valence-electron chi connectivity index (χ4n) is 2.20. The Labute approximate surface area is 136 Å². The average Bonchev–Trinajstić information content (AvgIpc) is 2.53. The third kappa shape index (κ3) is 2.80. The lowest BCUT2D eigenvalue weighted by atomic mass is 9.95. The number of nitrogen functional groups attached to an aromatic ring is 2. The van der Waals surface area contributed by atoms with E-state index in [9.17, 15) is 19.2 Å². The summed E-state index contributed by atoms with van der Waals surface area (Å²) in [6, 6.07) is 7.99. The van der Waals surface area contributed by atoms with Crippen LogP contribution in [0.1, 0.15) is 41.4 Å². The number of Topliss-reactive ketones (excluding diaryl/α,β-unsaturated/α-hetero) is 2. The summed E-state index contributed by atoms with van der Waals surface area (Å²) in [5.74, 6) is -3.62. The van der Waals surface area contributed by atoms with Crippen LogP contribution >= 0.6 is 0 Å². The van der Waals surface area contributed by atoms with Crippen molar-refractivity contribution >= 4 is 34.8 Å². The molecule has 0 bridgehead atoms. The first-order chi connectivity index (χ1) is 11.3. The zero-order valence-electron chi connectivity index (χ0n) is 12.4. The highest BCUT2D eigenvalue weighted by molar-refractivity contribution is 6.51. The fourth-order valence-corrected chi connectivity index (χ4v) is 2.20. The Morgan fingerprint density at radius 1 is 0.583 bits per heavy atom. The Hall–Kier alpha value is -3.68. The van der Waals surface area contributed by atoms with Crippen molar-refractivity contribution in [3.8, 4) is 0 Å². The molecule has 0 atom stereocenters. The van der Waals surface area contributed by atoms with E-state index in [4.69, 9.17) is 22.9 Å². The highest BCUT2D eigenvalue weighted by Crippen LogP contribution is 2.23. The van der Waals surface area contributed by atoms with Gasteiger partial charge in [0, 0.05) is 11.1 Å². The van der Waals surface area contributed by atoms with Gasteiger partial charge in [-0.15, -0.1) is 0 Å². The maximum Gasteiger partial charge on any atom is 0.250 e. The lowest BCUT2D eigenvalue weighted by Gasteiger charge is -2.10. The SMILES string of the molecule is NC(=O)c1cccc(C(=O)C(=O)c2cccc(C(N)=O)c2N)c1N. The minimum atomic E-state index is -0.982. The molecular formula is C16H14N4O4. The number of carbonyl (C=O) groups excluding carboxylic acids is 4. The van der Waals surface area contributed by atoms with Gasteiger partial charge in [-0.1, -0.05) is 12.1 Å². The summed E-state index contributed by atoms with van der Waals surface area (Å²) in [4.78, 5) is 47.4. The Kier molecular flexibility index (Phi) is 4.32. The number of nitrogens with two attached hydrogens (primary N) is 4. The predicted molar refractivity (Wildman–Crippen MR) is 87.4 cm³/mol. The monoisotopic (exact) mass is 326 g/mol. The number of hydrogen-bond acceptors (Lipinski definition) is 6. The third-order valence-electron chi connectivity index (χ3n) is 3.44. The molecule has 0 fully saturated rings. The molecule has 2 rings (SSSR count). The van der Waals surface area contributed by atoms with Gasteiger partial charge in [-0.25, -0.2) is 0 Å². The van der Waals surface area contributed by atoms with Crippen molar-refractivity contribution in [1.29, 1.82) is 0 Å². The Balaban J connectivity index is 2.51. The highest BCUT2D eigenvalue weighted by Gasteiger charge is 2.25. The van der Waals surface area contributed by atoms with Crippen LogP contribution in [-0.2, 0) is 0 Å². The quantitative estimate of drug-likeness (QED) is 0.345. The molecule has 8 nitrogen and oxygen atoms in total. The van der Waals surface area contributed by atoms with Crippen LogP contribution in [0.25, 0.3) is 0 Å². The predicted octanol–water partition coefficient (Wildman–Crippen LogP) is 0.114. The molecule has 0 aliphatic rings. The van der Waals surface area contributed by atoms with Crippen molar-refractivity contribution in [1.82, 2.24) is 0 Å². The molecule has 0 heterocycles. The molecule has 0 saturated heterocycles. The zero-order valence-corrected chi connectivity index (χ0v) is 12.4. The van der Waals surface area contributed by atoms with E-state index >= 15 is 0 Å². The molecule has 24 heavy (non-hydrogen) atoms. The number of benzene rings is 2. The van der Waals surface area contributed by atoms with Crippen LogP contribution in [0.2, 0.25) is 0 Å². The fraction of sp³-hybridized carbons (Fsp3) is 0. The van der Waals surface area contributed by atoms with Crippen LogP contribution in [0.5, 0.6) is 0 Å². The molecule has 2 amide bonds. The highest BCUT2D eigenvalue weighted by atomic mass is 16.2. The standard InChI is InChI=1S/C16H14N4O4/c17-11-7(3-1-5-9(11)15(19)23)13(21)14(22)8-4-2-6-10(12(8)18)16(20)24/h1-6H,17-18H2,(H2,19,23)(H2,20,24). The molecule has 0 aliphatic carbocycles. The first kappa shape index (κ1) is 16.7. The summed E-state index contributed by atoms with van der Waals surface area (Å²) < 4.78 is 0. The number of amides is 2. The minimum absolute atomic E-state index is 0.0764. The van der Waals surface area contributed by atoms with E-state index in [1.165, 1.54) is 36.4 Å². The van der Waals surface area contributed by atoms with E-state index < -0.39 is 23.4 Å². The lowest BCUT2D eigenvalue weighted by Crippen LogP contribution is -2.22. The van der Waals surface area contributed by atoms with Crippen molar-refractivity contribution in [2.45, 2.75) is 0 Å². The molecule has 0 saturated carbocycles. The van der Waals surface area contributed by atoms with Crippen molar-refractivity contribution in [3.63, 3.8) is 0 Å². The first-order valence-corrected chi connectivity index (χ1v) is 6.71. The van der Waals surface area contributed by atoms with Gasteiger partial charge in [0.25, 0.3) is 11.8 Å². The molecule has 0 spiro atoms. The molecule has 0 aromatic heterocycles. The summed E-state index contributed by atoms with van der Waals surface area (Å²) in [6.45, 7) is 0. The van der Waals surface area contributed by atoms with Gasteiger partial charge in [-0.2, -0.15) is 0 Å². The molecule has 0 radical (unpaired) electrons. The van der Waals surface area contributed by atoms with Crippen molar-refractivity contribution in [2.75, 3.05) is 11.5 Å². The van der Waals surface area contributed by atoms with E-state index in [-0.39, 0.29) is 33.6 Å². The van der Waals surface area contributed by atoms with Gasteiger partial charge < -0.3 is 22.9 Å². The molecule has 0 aliphatic heterocycles. The molecule has 8 N–H and O–H groups in total. The minimum Gasteiger partial charge on any atom is -0.397 e. The second-order valence-corrected chi connectivity index (χ2v) is 4.92. The topological polar surface area (TPSA) is 172 Å². The van der Waals surface area contributed by atoms with Gasteiger partial charge in [0.2, 0.25) is 11.6 Å². The summed E-state index contributed by atoms with van der Waals surface area (Å²) in [5, 5.41) is 0. The van der Waals surface area contributed by atoms with Gasteiger partial charge in [0.05, 0.1) is 22.5 Å². The van der Waals surface area contributed by atoms with Crippen LogP contribution in [0.15, 0.2) is 36.4 Å². The summed E-state index contributed by atoms with van der Waals surface area (Å²) in [6.07, 6.45) is 0. The largest absolute Gasteiger partial charge is 0.397 e. The smallest absolute Gasteiger partial charge is 0.250 e. The zero-order chi connectivity index (χ0) is 18.0. The average molecular weight is 326 g/mol. The van der Waals surface area contributed by atoms with Crippen LogP contribution in [0, 0.1) is 0 Å². The van der Waals surface area contributed by atoms with E-state index in [0.717, 1.165) is 0 Å². The van der Waals surface area contributed by atoms with E-state index in [2.05, 4.69) is 0 Å². The van der Waals surface area contributed by atoms with Gasteiger partial charge in [0.1, 0.15) is 0 Å². The number of anilines is 2. The number of rotatable bonds is 5. The summed E-state index contributed by atoms with van der Waals surface area (Å²) >= 11 is 0. The molecule has 2 aromatic rings. The maximum absolute atomic E-state index is 12.4. The van der Waals surface area contributed by atoms with Crippen molar-refractivity contribution in [3.05, 3.63) is 58.7 Å². The van der Waals surface area contributed by atoms with Gasteiger partial charge in [0.15, 0.2) is 0 Å². The van der Waals surface area contributed by atoms with E-state index in [1.54, 1.807) is 0 Å². The normalized spacial score (nSPS) is 10.2. The maximum atomic E-state index is 12.4. The van der Waals surface area contributed by atoms with Crippen LogP contribution in [0.4, 0.5) is 11.4 Å². The second-order valence-electron chi connectivity index (χ2n) is 4.92. The molecule has 0 unspecified atom stereocenters. The molecule has 2 aromatic carbocycles. The first-order valence-electron chi connectivity index (χ1n) is 6.71. The van der Waals surface area contributed by atoms with E-state index in [1.807, 2.05) is 0 Å². The summed E-state index contributed by atoms with van der Waals surface area (Å²) in [7, 11) is 0. The molecular weight excluding hydrogens is 312 g/mol. The van der Waals surface area contributed by atoms with Gasteiger partial charge in [-0.05, 0) is 24.3 Å². The Morgan fingerprint density at radius 3 is 1.17 bits per heavy atom. The van der Waals surface area contributed by atoms with Crippen LogP contribution in [-0.4, -0.2) is 23.4 Å². The second kappa shape index (κ2) is 6.21. The number of hydrogen-bond donors (Lipinski definition) is 4. The van der Waals surface area contributed by atoms with Crippen LogP contribution < -0.4 is 22.9 Å². The van der Waals surface area contributed by atoms with Gasteiger partial charge >= 0.3 is 0 Å². The number of carbonyl (C=O) groups is 4. The Morgan fingerprint density at radius 2 is 0.875 bits per heavy atom. The van der Waals surface area contributed by atoms with Crippen molar-refractivity contribution < 1.29 is 19.2 Å². The van der Waals surface area contributed by atoms with Crippen LogP contribution in [0.3, 0.4) is 0 Å². The summed E-state index contributed by atoms with van der Waals surface area (Å²) in [5.41, 5.74) is 20.9. The van der Waals surface area contributed by atoms with Gasteiger partial charge in [-0.3, -0.25) is 19.2 Å².